The fourth-order valence-corrected chi connectivity index (χ4v) is 6.21. The smallest absolute Gasteiger partial charge is 0.255 e. The zero-order valence-corrected chi connectivity index (χ0v) is 16.5. The Balaban J connectivity index is 1.71. The van der Waals surface area contributed by atoms with Crippen LogP contribution in [0.1, 0.15) is 32.5 Å². The number of nitrogens with one attached hydrogen (secondary N) is 1. The molecule has 0 spiro atoms. The van der Waals surface area contributed by atoms with Crippen molar-refractivity contribution in [2.45, 2.75) is 16.8 Å². The highest BCUT2D eigenvalue weighted by atomic mass is 32.2. The molecular formula is C19H21NO2S3. The van der Waals surface area contributed by atoms with Crippen molar-refractivity contribution in [3.63, 3.8) is 0 Å². The molecule has 0 aliphatic carbocycles. The lowest BCUT2D eigenvalue weighted by atomic mass is 10.1. The Morgan fingerprint density at radius 3 is 2.68 bits per heavy atom. The Kier molecular flexibility index (Phi) is 6.62. The lowest BCUT2D eigenvalue weighted by molar-refractivity contribution is 0.102. The molecule has 0 bridgehead atoms. The summed E-state index contributed by atoms with van der Waals surface area (Å²) < 4.78 is 11.8. The number of rotatable bonds is 5. The maximum Gasteiger partial charge on any atom is 0.255 e. The highest BCUT2D eigenvalue weighted by Gasteiger charge is 2.17. The first-order valence-corrected chi connectivity index (χ1v) is 12.0. The van der Waals surface area contributed by atoms with Gasteiger partial charge in [0.25, 0.3) is 5.91 Å². The Bertz CT molecular complexity index is 773. The number of benzene rings is 2. The molecule has 6 heteroatoms. The van der Waals surface area contributed by atoms with Gasteiger partial charge in [0.1, 0.15) is 0 Å². The van der Waals surface area contributed by atoms with Crippen molar-refractivity contribution in [1.29, 1.82) is 0 Å². The van der Waals surface area contributed by atoms with Crippen LogP contribution in [-0.2, 0) is 16.6 Å². The van der Waals surface area contributed by atoms with E-state index in [0.29, 0.717) is 15.9 Å². The van der Waals surface area contributed by atoms with Crippen LogP contribution in [0.15, 0.2) is 48.5 Å². The van der Waals surface area contributed by atoms with Crippen molar-refractivity contribution in [1.82, 2.24) is 0 Å². The van der Waals surface area contributed by atoms with Crippen LogP contribution in [0.3, 0.4) is 0 Å². The van der Waals surface area contributed by atoms with Gasteiger partial charge in [0.15, 0.2) is 0 Å². The van der Waals surface area contributed by atoms with Gasteiger partial charge < -0.3 is 5.32 Å². The van der Waals surface area contributed by atoms with Gasteiger partial charge in [-0.25, -0.2) is 0 Å². The van der Waals surface area contributed by atoms with Gasteiger partial charge in [-0.1, -0.05) is 24.3 Å². The Morgan fingerprint density at radius 2 is 1.92 bits per heavy atom. The van der Waals surface area contributed by atoms with Crippen LogP contribution in [0.25, 0.3) is 0 Å². The number of thioether (sulfide) groups is 2. The maximum atomic E-state index is 12.5. The summed E-state index contributed by atoms with van der Waals surface area (Å²) in [6, 6.07) is 15.4. The number of hydrogen-bond acceptors (Lipinski definition) is 4. The first-order chi connectivity index (χ1) is 12.1. The van der Waals surface area contributed by atoms with Gasteiger partial charge in [-0.2, -0.15) is 0 Å². The zero-order chi connectivity index (χ0) is 17.6. The molecule has 2 aromatic rings. The van der Waals surface area contributed by atoms with Crippen LogP contribution >= 0.6 is 23.5 Å². The third-order valence-corrected chi connectivity index (χ3v) is 7.56. The van der Waals surface area contributed by atoms with Crippen LogP contribution in [0.4, 0.5) is 5.69 Å². The van der Waals surface area contributed by atoms with E-state index in [-0.39, 0.29) is 5.91 Å². The molecule has 2 aromatic carbocycles. The summed E-state index contributed by atoms with van der Waals surface area (Å²) in [7, 11) is -0.918. The molecular weight excluding hydrogens is 370 g/mol. The third kappa shape index (κ3) is 5.36. The first-order valence-electron chi connectivity index (χ1n) is 8.15. The molecule has 0 aromatic heterocycles. The van der Waals surface area contributed by atoms with Crippen molar-refractivity contribution in [2.75, 3.05) is 23.1 Å². The van der Waals surface area contributed by atoms with Gasteiger partial charge in [-0.05, 0) is 53.3 Å². The van der Waals surface area contributed by atoms with Crippen LogP contribution in [0, 0.1) is 0 Å². The lowest BCUT2D eigenvalue weighted by Gasteiger charge is -2.21. The largest absolute Gasteiger partial charge is 0.322 e. The molecule has 1 aliphatic heterocycles. The molecule has 1 atom stereocenters. The maximum absolute atomic E-state index is 12.5. The number of hydrogen-bond donors (Lipinski definition) is 1. The summed E-state index contributed by atoms with van der Waals surface area (Å²) in [5.41, 5.74) is 3.58. The van der Waals surface area contributed by atoms with Crippen LogP contribution < -0.4 is 5.32 Å². The second-order valence-electron chi connectivity index (χ2n) is 5.92. The standard InChI is InChI=1S/C19H21NO2S3/c1-25(22)13-14-5-2-6-15(11-14)18(21)20-17-8-3-7-16(12-17)19-23-9-4-10-24-19/h2-3,5-8,11-12,19H,4,9-10,13H2,1H3,(H,20,21)/t25-/m0/s1. The highest BCUT2D eigenvalue weighted by molar-refractivity contribution is 8.16. The van der Waals surface area contributed by atoms with Crippen LogP contribution in [0.2, 0.25) is 0 Å². The molecule has 1 fully saturated rings. The van der Waals surface area contributed by atoms with E-state index in [9.17, 15) is 9.00 Å². The van der Waals surface area contributed by atoms with E-state index >= 15 is 0 Å². The minimum atomic E-state index is -0.918. The second-order valence-corrected chi connectivity index (χ2v) is 10.1. The molecule has 0 radical (unpaired) electrons. The fraction of sp³-hybridized carbons (Fsp3) is 0.316. The number of anilines is 1. The average Bonchev–Trinajstić information content (AvgIpc) is 2.62. The minimum absolute atomic E-state index is 0.134. The molecule has 0 saturated carbocycles. The Morgan fingerprint density at radius 1 is 1.16 bits per heavy atom. The van der Waals surface area contributed by atoms with E-state index in [2.05, 4.69) is 17.4 Å². The SMILES string of the molecule is C[S@](=O)Cc1cccc(C(=O)Nc2cccc(C3SCCCS3)c2)c1. The summed E-state index contributed by atoms with van der Waals surface area (Å²) in [6.07, 6.45) is 2.93. The van der Waals surface area contributed by atoms with E-state index in [1.807, 2.05) is 53.9 Å². The monoisotopic (exact) mass is 391 g/mol. The normalized spacial score (nSPS) is 16.4. The van der Waals surface area contributed by atoms with Crippen LogP contribution in [-0.4, -0.2) is 27.9 Å². The predicted molar refractivity (Wildman–Crippen MR) is 111 cm³/mol. The predicted octanol–water partition coefficient (Wildman–Crippen LogP) is 4.69. The van der Waals surface area contributed by atoms with Gasteiger partial charge in [0.2, 0.25) is 0 Å². The highest BCUT2D eigenvalue weighted by Crippen LogP contribution is 2.44. The number of amides is 1. The van der Waals surface area contributed by atoms with Crippen molar-refractivity contribution in [2.24, 2.45) is 0 Å². The summed E-state index contributed by atoms with van der Waals surface area (Å²) >= 11 is 3.94. The minimum Gasteiger partial charge on any atom is -0.322 e. The second kappa shape index (κ2) is 8.92. The van der Waals surface area contributed by atoms with Gasteiger partial charge in [0, 0.05) is 34.1 Å². The summed E-state index contributed by atoms with van der Waals surface area (Å²) in [5.74, 6) is 2.72. The van der Waals surface area contributed by atoms with E-state index < -0.39 is 10.8 Å². The summed E-state index contributed by atoms with van der Waals surface area (Å²) in [4.78, 5) is 12.5. The van der Waals surface area contributed by atoms with E-state index in [4.69, 9.17) is 0 Å². The van der Waals surface area contributed by atoms with Gasteiger partial charge in [-0.15, -0.1) is 23.5 Å². The number of carbonyl (C=O) groups is 1. The molecule has 1 saturated heterocycles. The molecule has 3 rings (SSSR count). The van der Waals surface area contributed by atoms with Crippen LogP contribution in [0.5, 0.6) is 0 Å². The molecule has 1 amide bonds. The van der Waals surface area contributed by atoms with Crippen molar-refractivity contribution < 1.29 is 9.00 Å². The van der Waals surface area contributed by atoms with Gasteiger partial charge in [0.05, 0.1) is 4.58 Å². The first kappa shape index (κ1) is 18.5. The zero-order valence-electron chi connectivity index (χ0n) is 14.1. The summed E-state index contributed by atoms with van der Waals surface area (Å²) in [6.45, 7) is 0. The van der Waals surface area contributed by atoms with Gasteiger partial charge in [-0.3, -0.25) is 9.00 Å². The molecule has 132 valence electrons. The molecule has 1 N–H and O–H groups in total. The third-order valence-electron chi connectivity index (χ3n) is 3.80. The van der Waals surface area contributed by atoms with E-state index in [0.717, 1.165) is 11.3 Å². The van der Waals surface area contributed by atoms with E-state index in [1.54, 1.807) is 12.3 Å². The van der Waals surface area contributed by atoms with Gasteiger partial charge >= 0.3 is 0 Å². The molecule has 1 heterocycles. The topological polar surface area (TPSA) is 46.2 Å². The van der Waals surface area contributed by atoms with Crippen molar-refractivity contribution in [3.05, 3.63) is 65.2 Å². The fourth-order valence-electron chi connectivity index (χ4n) is 2.68. The quantitative estimate of drug-likeness (QED) is 0.803. The number of carbonyl (C=O) groups excluding carboxylic acids is 1. The summed E-state index contributed by atoms with van der Waals surface area (Å²) in [5, 5.41) is 2.98. The van der Waals surface area contributed by atoms with E-state index in [1.165, 1.54) is 23.5 Å². The van der Waals surface area contributed by atoms with Crippen molar-refractivity contribution in [3.8, 4) is 0 Å². The van der Waals surface area contributed by atoms with Crippen molar-refractivity contribution >= 4 is 45.9 Å². The molecule has 1 aliphatic rings. The molecule has 3 nitrogen and oxygen atoms in total. The molecule has 25 heavy (non-hydrogen) atoms. The Labute approximate surface area is 159 Å². The lowest BCUT2D eigenvalue weighted by Crippen LogP contribution is -2.12. The average molecular weight is 392 g/mol. The molecule has 0 unspecified atom stereocenters. The Hall–Kier alpha value is -1.24.